The molecule has 2 aliphatic rings. The maximum Gasteiger partial charge on any atom is 0.0532 e. The van der Waals surface area contributed by atoms with E-state index in [9.17, 15) is 0 Å². The zero-order chi connectivity index (χ0) is 15.3. The summed E-state index contributed by atoms with van der Waals surface area (Å²) in [7, 11) is 0. The number of hydrogen-bond acceptors (Lipinski definition) is 1. The smallest absolute Gasteiger partial charge is 0.0532 e. The van der Waals surface area contributed by atoms with Gasteiger partial charge >= 0.3 is 0 Å². The highest BCUT2D eigenvalue weighted by atomic mass is 15.1. The van der Waals surface area contributed by atoms with E-state index in [0.717, 1.165) is 6.54 Å². The molecule has 0 saturated heterocycles. The lowest BCUT2D eigenvalue weighted by Crippen LogP contribution is -2.43. The van der Waals surface area contributed by atoms with Crippen molar-refractivity contribution < 1.29 is 0 Å². The first kappa shape index (κ1) is 14.3. The van der Waals surface area contributed by atoms with Crippen molar-refractivity contribution in [3.8, 4) is 0 Å². The van der Waals surface area contributed by atoms with Crippen molar-refractivity contribution in [1.82, 2.24) is 9.88 Å². The van der Waals surface area contributed by atoms with Crippen LogP contribution < -0.4 is 5.32 Å². The molecule has 2 aromatic rings. The molecule has 0 spiro atoms. The molecular formula is C20H28N2. The normalized spacial score (nSPS) is 24.8. The van der Waals surface area contributed by atoms with Gasteiger partial charge in [0.15, 0.2) is 0 Å². The topological polar surface area (TPSA) is 17.0 Å². The van der Waals surface area contributed by atoms with Gasteiger partial charge in [-0.15, -0.1) is 0 Å². The van der Waals surface area contributed by atoms with Crippen LogP contribution in [-0.4, -0.2) is 10.6 Å². The van der Waals surface area contributed by atoms with E-state index >= 15 is 0 Å². The zero-order valence-corrected chi connectivity index (χ0v) is 14.2. The van der Waals surface area contributed by atoms with Gasteiger partial charge in [0, 0.05) is 29.2 Å². The number of aromatic nitrogens is 1. The number of fused-ring (bicyclic) bond motifs is 3. The quantitative estimate of drug-likeness (QED) is 0.829. The molecule has 1 saturated carbocycles. The lowest BCUT2D eigenvalue weighted by molar-refractivity contribution is 0.165. The SMILES string of the molecule is Cc1c2n(c3ccccc13)CCC(C)(C)C2NC1CCCC1. The summed E-state index contributed by atoms with van der Waals surface area (Å²) in [6.45, 7) is 8.36. The van der Waals surface area contributed by atoms with Crippen LogP contribution in [0.1, 0.15) is 63.3 Å². The summed E-state index contributed by atoms with van der Waals surface area (Å²) in [4.78, 5) is 0. The van der Waals surface area contributed by atoms with Crippen LogP contribution in [0, 0.1) is 12.3 Å². The predicted octanol–water partition coefficient (Wildman–Crippen LogP) is 4.95. The summed E-state index contributed by atoms with van der Waals surface area (Å²) >= 11 is 0. The van der Waals surface area contributed by atoms with Crippen LogP contribution in [0.4, 0.5) is 0 Å². The average Bonchev–Trinajstić information content (AvgIpc) is 3.10. The van der Waals surface area contributed by atoms with Crippen molar-refractivity contribution in [1.29, 1.82) is 0 Å². The Morgan fingerprint density at radius 2 is 1.86 bits per heavy atom. The van der Waals surface area contributed by atoms with Crippen LogP contribution in [0.2, 0.25) is 0 Å². The van der Waals surface area contributed by atoms with Crippen LogP contribution in [0.3, 0.4) is 0 Å². The molecule has 1 atom stereocenters. The maximum atomic E-state index is 4.05. The van der Waals surface area contributed by atoms with Crippen molar-refractivity contribution in [2.45, 2.75) is 71.5 Å². The largest absolute Gasteiger partial charge is 0.343 e. The van der Waals surface area contributed by atoms with Gasteiger partial charge in [0.25, 0.3) is 0 Å². The molecule has 118 valence electrons. The van der Waals surface area contributed by atoms with Gasteiger partial charge in [0.1, 0.15) is 0 Å². The first-order chi connectivity index (χ1) is 10.6. The van der Waals surface area contributed by atoms with E-state index in [1.165, 1.54) is 48.6 Å². The molecule has 2 heteroatoms. The summed E-state index contributed by atoms with van der Waals surface area (Å²) < 4.78 is 2.59. The number of rotatable bonds is 2. The maximum absolute atomic E-state index is 4.05. The molecule has 2 nitrogen and oxygen atoms in total. The second-order valence-electron chi connectivity index (χ2n) is 8.00. The number of benzene rings is 1. The second kappa shape index (κ2) is 5.13. The molecular weight excluding hydrogens is 268 g/mol. The zero-order valence-electron chi connectivity index (χ0n) is 14.2. The van der Waals surface area contributed by atoms with E-state index in [1.807, 2.05) is 0 Å². The Morgan fingerprint density at radius 3 is 2.64 bits per heavy atom. The summed E-state index contributed by atoms with van der Waals surface area (Å²) in [6.07, 6.45) is 6.75. The van der Waals surface area contributed by atoms with Crippen LogP contribution >= 0.6 is 0 Å². The third-order valence-electron chi connectivity index (χ3n) is 6.07. The number of nitrogens with one attached hydrogen (secondary N) is 1. The Kier molecular flexibility index (Phi) is 3.34. The van der Waals surface area contributed by atoms with E-state index < -0.39 is 0 Å². The molecule has 1 aromatic carbocycles. The lowest BCUT2D eigenvalue weighted by atomic mass is 9.76. The molecule has 0 amide bonds. The molecule has 1 N–H and O–H groups in total. The fraction of sp³-hybridized carbons (Fsp3) is 0.600. The molecule has 1 unspecified atom stereocenters. The van der Waals surface area contributed by atoms with Crippen molar-refractivity contribution >= 4 is 10.9 Å². The van der Waals surface area contributed by atoms with Gasteiger partial charge in [0.2, 0.25) is 0 Å². The Balaban J connectivity index is 1.83. The highest BCUT2D eigenvalue weighted by Crippen LogP contribution is 2.46. The van der Waals surface area contributed by atoms with Gasteiger partial charge < -0.3 is 9.88 Å². The van der Waals surface area contributed by atoms with E-state index in [1.54, 1.807) is 5.69 Å². The summed E-state index contributed by atoms with van der Waals surface area (Å²) in [6, 6.07) is 10.1. The monoisotopic (exact) mass is 296 g/mol. The summed E-state index contributed by atoms with van der Waals surface area (Å²) in [5.74, 6) is 0. The van der Waals surface area contributed by atoms with Crippen molar-refractivity contribution in [3.63, 3.8) is 0 Å². The van der Waals surface area contributed by atoms with Gasteiger partial charge in [-0.2, -0.15) is 0 Å². The van der Waals surface area contributed by atoms with Crippen molar-refractivity contribution in [2.24, 2.45) is 5.41 Å². The minimum Gasteiger partial charge on any atom is -0.343 e. The molecule has 0 bridgehead atoms. The van der Waals surface area contributed by atoms with Crippen molar-refractivity contribution in [3.05, 3.63) is 35.5 Å². The van der Waals surface area contributed by atoms with Crippen LogP contribution in [0.5, 0.6) is 0 Å². The van der Waals surface area contributed by atoms with Crippen molar-refractivity contribution in [2.75, 3.05) is 0 Å². The van der Waals surface area contributed by atoms with Crippen LogP contribution in [-0.2, 0) is 6.54 Å². The minimum absolute atomic E-state index is 0.331. The fourth-order valence-corrected chi connectivity index (χ4v) is 4.66. The highest BCUT2D eigenvalue weighted by molar-refractivity contribution is 5.85. The first-order valence-corrected chi connectivity index (χ1v) is 8.92. The summed E-state index contributed by atoms with van der Waals surface area (Å²) in [5.41, 5.74) is 4.78. The minimum atomic E-state index is 0.331. The molecule has 2 heterocycles. The highest BCUT2D eigenvalue weighted by Gasteiger charge is 2.39. The lowest BCUT2D eigenvalue weighted by Gasteiger charge is -2.42. The van der Waals surface area contributed by atoms with Gasteiger partial charge in [-0.05, 0) is 43.2 Å². The van der Waals surface area contributed by atoms with E-state index in [0.29, 0.717) is 17.5 Å². The van der Waals surface area contributed by atoms with Gasteiger partial charge in [0.05, 0.1) is 6.04 Å². The fourth-order valence-electron chi connectivity index (χ4n) is 4.66. The van der Waals surface area contributed by atoms with E-state index in [4.69, 9.17) is 0 Å². The van der Waals surface area contributed by atoms with Gasteiger partial charge in [-0.25, -0.2) is 0 Å². The van der Waals surface area contributed by atoms with Gasteiger partial charge in [-0.3, -0.25) is 0 Å². The molecule has 1 aliphatic carbocycles. The Labute approximate surface area is 133 Å². The molecule has 1 fully saturated rings. The first-order valence-electron chi connectivity index (χ1n) is 8.92. The Hall–Kier alpha value is -1.28. The molecule has 1 aliphatic heterocycles. The van der Waals surface area contributed by atoms with Gasteiger partial charge in [-0.1, -0.05) is 44.9 Å². The second-order valence-corrected chi connectivity index (χ2v) is 8.00. The Morgan fingerprint density at radius 1 is 1.14 bits per heavy atom. The molecule has 0 radical (unpaired) electrons. The van der Waals surface area contributed by atoms with E-state index in [2.05, 4.69) is 54.9 Å². The predicted molar refractivity (Wildman–Crippen MR) is 93.2 cm³/mol. The molecule has 1 aromatic heterocycles. The summed E-state index contributed by atoms with van der Waals surface area (Å²) in [5, 5.41) is 5.48. The third-order valence-corrected chi connectivity index (χ3v) is 6.07. The Bertz CT molecular complexity index is 689. The molecule has 22 heavy (non-hydrogen) atoms. The molecule has 4 rings (SSSR count). The number of para-hydroxylation sites is 1. The third kappa shape index (κ3) is 2.11. The van der Waals surface area contributed by atoms with Crippen LogP contribution in [0.25, 0.3) is 10.9 Å². The number of hydrogen-bond donors (Lipinski definition) is 1. The standard InChI is InChI=1S/C20H28N2/c1-14-16-10-6-7-11-17(16)22-13-12-20(2,3)19(18(14)22)21-15-8-4-5-9-15/h6-7,10-11,15,19,21H,4-5,8-9,12-13H2,1-3H3. The number of aryl methyl sites for hydroxylation is 2. The average molecular weight is 296 g/mol. The van der Waals surface area contributed by atoms with Crippen LogP contribution in [0.15, 0.2) is 24.3 Å². The number of nitrogens with zero attached hydrogens (tertiary/aromatic N) is 1. The van der Waals surface area contributed by atoms with E-state index in [-0.39, 0.29) is 0 Å².